The summed E-state index contributed by atoms with van der Waals surface area (Å²) < 4.78 is 5.49. The number of aromatic amines is 1. The predicted molar refractivity (Wildman–Crippen MR) is 138 cm³/mol. The first kappa shape index (κ1) is 26.2. The number of esters is 1. The van der Waals surface area contributed by atoms with Crippen LogP contribution < -0.4 is 5.48 Å². The number of benzene rings is 2. The van der Waals surface area contributed by atoms with Crippen molar-refractivity contribution in [1.29, 1.82) is 0 Å². The van der Waals surface area contributed by atoms with Gasteiger partial charge in [-0.2, -0.15) is 0 Å². The lowest BCUT2D eigenvalue weighted by Gasteiger charge is -2.22. The fourth-order valence-electron chi connectivity index (χ4n) is 3.97. The van der Waals surface area contributed by atoms with Gasteiger partial charge in [-0.05, 0) is 41.7 Å². The van der Waals surface area contributed by atoms with E-state index in [2.05, 4.69) is 41.2 Å². The Morgan fingerprint density at radius 1 is 1.09 bits per heavy atom. The molecule has 186 valence electrons. The van der Waals surface area contributed by atoms with E-state index in [1.165, 1.54) is 17.0 Å². The maximum absolute atomic E-state index is 12.0. The SMILES string of the molecule is CCCCCC(=O)OCCN(CCc1c[nH]c2ccccc12)Cc1ccc(/C=C/C(=O)NO)cc1. The first-order valence-corrected chi connectivity index (χ1v) is 12.2. The maximum Gasteiger partial charge on any atom is 0.305 e. The Kier molecular flexibility index (Phi) is 10.5. The lowest BCUT2D eigenvalue weighted by atomic mass is 10.1. The summed E-state index contributed by atoms with van der Waals surface area (Å²) in [5.41, 5.74) is 5.97. The molecule has 3 N–H and O–H groups in total. The highest BCUT2D eigenvalue weighted by atomic mass is 16.5. The summed E-state index contributed by atoms with van der Waals surface area (Å²) in [6.07, 6.45) is 9.35. The van der Waals surface area contributed by atoms with E-state index < -0.39 is 5.91 Å². The van der Waals surface area contributed by atoms with Crippen molar-refractivity contribution in [3.8, 4) is 0 Å². The molecule has 7 nitrogen and oxygen atoms in total. The molecule has 0 aliphatic heterocycles. The smallest absolute Gasteiger partial charge is 0.305 e. The second-order valence-corrected chi connectivity index (χ2v) is 8.61. The van der Waals surface area contributed by atoms with Gasteiger partial charge in [-0.3, -0.25) is 19.7 Å². The van der Waals surface area contributed by atoms with E-state index in [-0.39, 0.29) is 5.97 Å². The van der Waals surface area contributed by atoms with Crippen LogP contribution in [-0.4, -0.2) is 46.7 Å². The van der Waals surface area contributed by atoms with E-state index in [1.54, 1.807) is 11.6 Å². The molecule has 35 heavy (non-hydrogen) atoms. The van der Waals surface area contributed by atoms with Crippen molar-refractivity contribution in [2.24, 2.45) is 0 Å². The molecule has 2 aromatic carbocycles. The quantitative estimate of drug-likeness (QED) is 0.101. The van der Waals surface area contributed by atoms with E-state index in [9.17, 15) is 9.59 Å². The molecule has 0 aliphatic carbocycles. The number of hydroxylamine groups is 1. The maximum atomic E-state index is 12.0. The van der Waals surface area contributed by atoms with Crippen LogP contribution in [0, 0.1) is 0 Å². The Hall–Kier alpha value is -3.42. The third-order valence-electron chi connectivity index (χ3n) is 5.95. The van der Waals surface area contributed by atoms with E-state index in [0.717, 1.165) is 55.4 Å². The number of carbonyl (C=O) groups excluding carboxylic acids is 2. The molecular formula is C28H35N3O4. The summed E-state index contributed by atoms with van der Waals surface area (Å²) in [7, 11) is 0. The average molecular weight is 478 g/mol. The van der Waals surface area contributed by atoms with E-state index in [4.69, 9.17) is 9.94 Å². The Labute approximate surface area is 206 Å². The summed E-state index contributed by atoms with van der Waals surface area (Å²) in [6, 6.07) is 16.2. The first-order chi connectivity index (χ1) is 17.1. The van der Waals surface area contributed by atoms with E-state index in [0.29, 0.717) is 19.6 Å². The molecule has 0 saturated heterocycles. The molecule has 3 rings (SSSR count). The van der Waals surface area contributed by atoms with Crippen LogP contribution in [0.15, 0.2) is 60.8 Å². The molecule has 7 heteroatoms. The average Bonchev–Trinajstić information content (AvgIpc) is 3.29. The van der Waals surface area contributed by atoms with Gasteiger partial charge in [-0.1, -0.05) is 62.2 Å². The van der Waals surface area contributed by atoms with E-state index >= 15 is 0 Å². The largest absolute Gasteiger partial charge is 0.464 e. The molecule has 0 spiro atoms. The fraction of sp³-hybridized carbons (Fsp3) is 0.357. The van der Waals surface area contributed by atoms with Crippen LogP contribution in [0.4, 0.5) is 0 Å². The molecule has 0 unspecified atom stereocenters. The van der Waals surface area contributed by atoms with Gasteiger partial charge in [-0.25, -0.2) is 5.48 Å². The number of hydrogen-bond acceptors (Lipinski definition) is 5. The van der Waals surface area contributed by atoms with Crippen molar-refractivity contribution in [3.63, 3.8) is 0 Å². The zero-order valence-electron chi connectivity index (χ0n) is 20.3. The lowest BCUT2D eigenvalue weighted by Crippen LogP contribution is -2.30. The van der Waals surface area contributed by atoms with Gasteiger partial charge >= 0.3 is 5.97 Å². The number of rotatable bonds is 14. The molecule has 1 heterocycles. The number of nitrogens with zero attached hydrogens (tertiary/aromatic N) is 1. The van der Waals surface area contributed by atoms with Crippen molar-refractivity contribution >= 4 is 28.9 Å². The zero-order valence-corrected chi connectivity index (χ0v) is 20.3. The number of para-hydroxylation sites is 1. The summed E-state index contributed by atoms with van der Waals surface area (Å²) >= 11 is 0. The van der Waals surface area contributed by atoms with Crippen LogP contribution in [0.25, 0.3) is 17.0 Å². The standard InChI is InChI=1S/C28H35N3O4/c1-2-3-4-9-28(33)35-19-18-31(17-16-24-20-29-26-8-6-5-7-25(24)26)21-23-12-10-22(11-13-23)14-15-27(32)30-34/h5-8,10-15,20,29,34H,2-4,9,16-19,21H2,1H3,(H,30,32)/b15-14+. The van der Waals surface area contributed by atoms with Crippen molar-refractivity contribution in [2.45, 2.75) is 45.6 Å². The molecule has 0 fully saturated rings. The van der Waals surface area contributed by atoms with Gasteiger partial charge < -0.3 is 9.72 Å². The molecule has 0 radical (unpaired) electrons. The third kappa shape index (κ3) is 8.70. The molecule has 0 atom stereocenters. The minimum atomic E-state index is -0.568. The number of H-pyrrole nitrogens is 1. The molecule has 0 bridgehead atoms. The highest BCUT2D eigenvalue weighted by Crippen LogP contribution is 2.19. The summed E-state index contributed by atoms with van der Waals surface area (Å²) in [5, 5.41) is 9.84. The second kappa shape index (κ2) is 14.1. The molecule has 0 aliphatic rings. The highest BCUT2D eigenvalue weighted by molar-refractivity contribution is 5.90. The van der Waals surface area contributed by atoms with Crippen LogP contribution in [0.5, 0.6) is 0 Å². The monoisotopic (exact) mass is 477 g/mol. The predicted octanol–water partition coefficient (Wildman–Crippen LogP) is 4.85. The molecule has 1 aromatic heterocycles. The van der Waals surface area contributed by atoms with Gasteiger partial charge in [-0.15, -0.1) is 0 Å². The normalized spacial score (nSPS) is 11.4. The number of carbonyl (C=O) groups is 2. The van der Waals surface area contributed by atoms with Gasteiger partial charge in [0, 0.05) is 49.2 Å². The van der Waals surface area contributed by atoms with Crippen molar-refractivity contribution in [2.75, 3.05) is 19.7 Å². The van der Waals surface area contributed by atoms with Crippen molar-refractivity contribution in [3.05, 3.63) is 77.5 Å². The van der Waals surface area contributed by atoms with Crippen LogP contribution in [0.2, 0.25) is 0 Å². The Bertz CT molecular complexity index is 1100. The van der Waals surface area contributed by atoms with E-state index in [1.807, 2.05) is 30.3 Å². The zero-order chi connectivity index (χ0) is 24.9. The summed E-state index contributed by atoms with van der Waals surface area (Å²) in [6.45, 7) is 4.69. The first-order valence-electron chi connectivity index (χ1n) is 12.2. The number of amides is 1. The van der Waals surface area contributed by atoms with Gasteiger partial charge in [0.1, 0.15) is 6.61 Å². The number of fused-ring (bicyclic) bond motifs is 1. The molecule has 0 saturated carbocycles. The number of ether oxygens (including phenoxy) is 1. The Balaban J connectivity index is 1.60. The number of unbranched alkanes of at least 4 members (excludes halogenated alkanes) is 2. The van der Waals surface area contributed by atoms with Gasteiger partial charge in [0.25, 0.3) is 5.91 Å². The summed E-state index contributed by atoms with van der Waals surface area (Å²) in [5.74, 6) is -0.695. The number of nitrogens with one attached hydrogen (secondary N) is 2. The minimum Gasteiger partial charge on any atom is -0.464 e. The van der Waals surface area contributed by atoms with Crippen LogP contribution in [-0.2, 0) is 27.3 Å². The molecule has 1 amide bonds. The Morgan fingerprint density at radius 3 is 2.66 bits per heavy atom. The summed E-state index contributed by atoms with van der Waals surface area (Å²) in [4.78, 5) is 28.8. The van der Waals surface area contributed by atoms with Crippen LogP contribution in [0.3, 0.4) is 0 Å². The third-order valence-corrected chi connectivity index (χ3v) is 5.95. The van der Waals surface area contributed by atoms with Crippen molar-refractivity contribution in [1.82, 2.24) is 15.4 Å². The van der Waals surface area contributed by atoms with Crippen molar-refractivity contribution < 1.29 is 19.5 Å². The topological polar surface area (TPSA) is 94.7 Å². The van der Waals surface area contributed by atoms with Crippen LogP contribution >= 0.6 is 0 Å². The lowest BCUT2D eigenvalue weighted by molar-refractivity contribution is -0.144. The highest BCUT2D eigenvalue weighted by Gasteiger charge is 2.11. The van der Waals surface area contributed by atoms with Gasteiger partial charge in [0.15, 0.2) is 0 Å². The Morgan fingerprint density at radius 2 is 1.89 bits per heavy atom. The van der Waals surface area contributed by atoms with Gasteiger partial charge in [0.2, 0.25) is 0 Å². The number of aromatic nitrogens is 1. The molecular weight excluding hydrogens is 442 g/mol. The second-order valence-electron chi connectivity index (χ2n) is 8.61. The van der Waals surface area contributed by atoms with Gasteiger partial charge in [0.05, 0.1) is 0 Å². The molecule has 3 aromatic rings. The van der Waals surface area contributed by atoms with Crippen LogP contribution in [0.1, 0.15) is 49.3 Å². The number of hydrogen-bond donors (Lipinski definition) is 3. The minimum absolute atomic E-state index is 0.127. The fourth-order valence-corrected chi connectivity index (χ4v) is 3.97.